The van der Waals surface area contributed by atoms with Gasteiger partial charge in [-0.1, -0.05) is 13.3 Å². The van der Waals surface area contributed by atoms with Crippen LogP contribution >= 0.6 is 11.6 Å². The van der Waals surface area contributed by atoms with Crippen molar-refractivity contribution in [2.24, 2.45) is 5.92 Å². The maximum absolute atomic E-state index is 11.8. The van der Waals surface area contributed by atoms with E-state index in [1.165, 1.54) is 12.8 Å². The van der Waals surface area contributed by atoms with E-state index in [1.807, 2.05) is 0 Å². The summed E-state index contributed by atoms with van der Waals surface area (Å²) in [5.41, 5.74) is 0. The zero-order valence-electron chi connectivity index (χ0n) is 9.39. The highest BCUT2D eigenvalue weighted by Crippen LogP contribution is 2.44. The summed E-state index contributed by atoms with van der Waals surface area (Å²) >= 11 is 6.11. The third kappa shape index (κ3) is 2.73. The van der Waals surface area contributed by atoms with Gasteiger partial charge in [0, 0.05) is 12.5 Å². The minimum atomic E-state index is -0.458. The molecule has 2 rings (SSSR count). The van der Waals surface area contributed by atoms with Gasteiger partial charge in [-0.2, -0.15) is 0 Å². The van der Waals surface area contributed by atoms with Crippen molar-refractivity contribution < 1.29 is 4.79 Å². The number of hydrogen-bond acceptors (Lipinski definition) is 2. The number of rotatable bonds is 4. The summed E-state index contributed by atoms with van der Waals surface area (Å²) in [6.45, 7) is 3.30. The van der Waals surface area contributed by atoms with Gasteiger partial charge in [0.1, 0.15) is 4.87 Å². The van der Waals surface area contributed by atoms with Crippen LogP contribution in [0.25, 0.3) is 0 Å². The maximum atomic E-state index is 11.8. The van der Waals surface area contributed by atoms with Gasteiger partial charge in [0.25, 0.3) is 0 Å². The third-order valence-corrected chi connectivity index (χ3v) is 4.39. The summed E-state index contributed by atoms with van der Waals surface area (Å²) < 4.78 is 0. The van der Waals surface area contributed by atoms with Gasteiger partial charge in [0.05, 0.1) is 0 Å². The SMILES string of the molecule is CCC1CCNC(CC(=O)C2(Cl)CC2)C1. The zero-order chi connectivity index (χ0) is 10.9. The molecule has 1 saturated heterocycles. The molecule has 1 saturated carbocycles. The molecular formula is C12H20ClNO. The predicted octanol–water partition coefficient (Wildman–Crippen LogP) is 2.50. The van der Waals surface area contributed by atoms with Crippen LogP contribution in [-0.4, -0.2) is 23.2 Å². The van der Waals surface area contributed by atoms with Crippen LogP contribution in [0.1, 0.15) is 45.4 Å². The first-order valence-electron chi connectivity index (χ1n) is 6.09. The molecule has 3 heteroatoms. The quantitative estimate of drug-likeness (QED) is 0.751. The fraction of sp³-hybridized carbons (Fsp3) is 0.917. The van der Waals surface area contributed by atoms with Crippen molar-refractivity contribution in [2.45, 2.75) is 56.4 Å². The van der Waals surface area contributed by atoms with Crippen LogP contribution in [0, 0.1) is 5.92 Å². The summed E-state index contributed by atoms with van der Waals surface area (Å²) in [7, 11) is 0. The molecule has 15 heavy (non-hydrogen) atoms. The Morgan fingerprint density at radius 3 is 2.87 bits per heavy atom. The number of hydrogen-bond donors (Lipinski definition) is 1. The molecule has 0 radical (unpaired) electrons. The summed E-state index contributed by atoms with van der Waals surface area (Å²) in [4.78, 5) is 11.4. The molecule has 2 unspecified atom stereocenters. The molecule has 2 nitrogen and oxygen atoms in total. The van der Waals surface area contributed by atoms with Crippen LogP contribution in [0.3, 0.4) is 0 Å². The first-order chi connectivity index (χ1) is 7.14. The smallest absolute Gasteiger partial charge is 0.155 e. The number of nitrogens with one attached hydrogen (secondary N) is 1. The molecule has 0 bridgehead atoms. The molecule has 1 N–H and O–H groups in total. The normalized spacial score (nSPS) is 33.7. The van der Waals surface area contributed by atoms with Gasteiger partial charge >= 0.3 is 0 Å². The Balaban J connectivity index is 1.81. The fourth-order valence-corrected chi connectivity index (χ4v) is 2.59. The van der Waals surface area contributed by atoms with Crippen LogP contribution in [0.15, 0.2) is 0 Å². The van der Waals surface area contributed by atoms with Gasteiger partial charge < -0.3 is 5.32 Å². The van der Waals surface area contributed by atoms with Crippen molar-refractivity contribution >= 4 is 17.4 Å². The van der Waals surface area contributed by atoms with Crippen molar-refractivity contribution in [2.75, 3.05) is 6.54 Å². The molecule has 1 heterocycles. The van der Waals surface area contributed by atoms with Crippen LogP contribution in [0.2, 0.25) is 0 Å². The highest BCUT2D eigenvalue weighted by atomic mass is 35.5. The Bertz CT molecular complexity index is 250. The van der Waals surface area contributed by atoms with Crippen molar-refractivity contribution in [3.8, 4) is 0 Å². The number of carbonyl (C=O) groups is 1. The minimum Gasteiger partial charge on any atom is -0.314 e. The number of carbonyl (C=O) groups excluding carboxylic acids is 1. The second-order valence-corrected chi connectivity index (χ2v) is 5.77. The Hall–Kier alpha value is -0.0800. The van der Waals surface area contributed by atoms with E-state index in [-0.39, 0.29) is 5.78 Å². The Morgan fingerprint density at radius 2 is 2.27 bits per heavy atom. The van der Waals surface area contributed by atoms with Crippen LogP contribution in [0.5, 0.6) is 0 Å². The predicted molar refractivity (Wildman–Crippen MR) is 62.2 cm³/mol. The molecule has 1 aliphatic heterocycles. The van der Waals surface area contributed by atoms with E-state index in [2.05, 4.69) is 12.2 Å². The molecule has 0 amide bonds. The van der Waals surface area contributed by atoms with E-state index in [4.69, 9.17) is 11.6 Å². The molecule has 0 aromatic heterocycles. The average Bonchev–Trinajstić information content (AvgIpc) is 2.98. The van der Waals surface area contributed by atoms with Gasteiger partial charge in [0.15, 0.2) is 5.78 Å². The lowest BCUT2D eigenvalue weighted by Crippen LogP contribution is -2.40. The van der Waals surface area contributed by atoms with E-state index >= 15 is 0 Å². The van der Waals surface area contributed by atoms with Gasteiger partial charge in [-0.25, -0.2) is 0 Å². The summed E-state index contributed by atoms with van der Waals surface area (Å²) in [5.74, 6) is 1.06. The van der Waals surface area contributed by atoms with Crippen LogP contribution in [-0.2, 0) is 4.79 Å². The first kappa shape index (κ1) is 11.4. The molecule has 0 aromatic rings. The lowest BCUT2D eigenvalue weighted by atomic mass is 9.88. The van der Waals surface area contributed by atoms with Gasteiger partial charge in [-0.05, 0) is 38.1 Å². The number of alkyl halides is 1. The number of piperidine rings is 1. The molecule has 2 fully saturated rings. The lowest BCUT2D eigenvalue weighted by Gasteiger charge is -2.29. The summed E-state index contributed by atoms with van der Waals surface area (Å²) in [6, 6.07) is 0.382. The van der Waals surface area contributed by atoms with Crippen molar-refractivity contribution in [3.05, 3.63) is 0 Å². The van der Waals surface area contributed by atoms with Crippen molar-refractivity contribution in [1.29, 1.82) is 0 Å². The van der Waals surface area contributed by atoms with E-state index < -0.39 is 4.87 Å². The van der Waals surface area contributed by atoms with Crippen LogP contribution < -0.4 is 5.32 Å². The second-order valence-electron chi connectivity index (χ2n) is 5.04. The van der Waals surface area contributed by atoms with Crippen molar-refractivity contribution in [1.82, 2.24) is 5.32 Å². The largest absolute Gasteiger partial charge is 0.314 e. The highest BCUT2D eigenvalue weighted by molar-refractivity contribution is 6.37. The lowest BCUT2D eigenvalue weighted by molar-refractivity contribution is -0.120. The molecule has 0 aromatic carbocycles. The second kappa shape index (κ2) is 4.42. The molecule has 2 aliphatic rings. The Labute approximate surface area is 96.8 Å². The monoisotopic (exact) mass is 229 g/mol. The first-order valence-corrected chi connectivity index (χ1v) is 6.47. The van der Waals surface area contributed by atoms with Gasteiger partial charge in [-0.15, -0.1) is 11.6 Å². The van der Waals surface area contributed by atoms with Crippen LogP contribution in [0.4, 0.5) is 0 Å². The van der Waals surface area contributed by atoms with Gasteiger partial charge in [-0.3, -0.25) is 4.79 Å². The minimum absolute atomic E-state index is 0.262. The van der Waals surface area contributed by atoms with E-state index in [0.29, 0.717) is 12.5 Å². The van der Waals surface area contributed by atoms with Gasteiger partial charge in [0.2, 0.25) is 0 Å². The topological polar surface area (TPSA) is 29.1 Å². The van der Waals surface area contributed by atoms with E-state index in [0.717, 1.165) is 31.7 Å². The summed E-state index contributed by atoms with van der Waals surface area (Å²) in [5, 5.41) is 3.43. The fourth-order valence-electron chi connectivity index (χ4n) is 2.42. The molecule has 86 valence electrons. The Kier molecular flexibility index (Phi) is 3.36. The number of halogens is 1. The average molecular weight is 230 g/mol. The molecule has 0 spiro atoms. The highest BCUT2D eigenvalue weighted by Gasteiger charge is 2.47. The zero-order valence-corrected chi connectivity index (χ0v) is 10.1. The third-order valence-electron chi connectivity index (χ3n) is 3.80. The van der Waals surface area contributed by atoms with E-state index in [9.17, 15) is 4.79 Å². The van der Waals surface area contributed by atoms with E-state index in [1.54, 1.807) is 0 Å². The standard InChI is InChI=1S/C12H20ClNO/c1-2-9-3-6-14-10(7-9)8-11(15)12(13)4-5-12/h9-10,14H,2-8H2,1H3. The molecule has 2 atom stereocenters. The number of ketones is 1. The van der Waals surface area contributed by atoms with Crippen molar-refractivity contribution in [3.63, 3.8) is 0 Å². The Morgan fingerprint density at radius 1 is 1.53 bits per heavy atom. The number of Topliss-reactive ketones (excluding diaryl/α,β-unsaturated/α-hetero) is 1. The molecular weight excluding hydrogens is 210 g/mol. The molecule has 1 aliphatic carbocycles. The summed E-state index contributed by atoms with van der Waals surface area (Å²) in [6.07, 6.45) is 6.05. The maximum Gasteiger partial charge on any atom is 0.155 e.